The number of nitrogen functional groups attached to an aromatic ring is 1. The SMILES string of the molecule is Cc1ccc(NC(C)C#N)cc1N. The normalized spacial score (nSPS) is 11.8. The predicted octanol–water partition coefficient (Wildman–Crippen LogP) is 1.90. The second-order valence-corrected chi connectivity index (χ2v) is 3.07. The molecule has 13 heavy (non-hydrogen) atoms. The molecule has 0 bridgehead atoms. The van der Waals surface area contributed by atoms with E-state index in [1.165, 1.54) is 0 Å². The number of benzene rings is 1. The van der Waals surface area contributed by atoms with Crippen molar-refractivity contribution in [2.45, 2.75) is 19.9 Å². The van der Waals surface area contributed by atoms with Gasteiger partial charge in [0.05, 0.1) is 6.07 Å². The summed E-state index contributed by atoms with van der Waals surface area (Å²) in [5.74, 6) is 0. The van der Waals surface area contributed by atoms with Crippen molar-refractivity contribution >= 4 is 11.4 Å². The van der Waals surface area contributed by atoms with E-state index in [4.69, 9.17) is 11.0 Å². The van der Waals surface area contributed by atoms with Gasteiger partial charge in [-0.1, -0.05) is 6.07 Å². The lowest BCUT2D eigenvalue weighted by molar-refractivity contribution is 1.01. The lowest BCUT2D eigenvalue weighted by Crippen LogP contribution is -2.12. The topological polar surface area (TPSA) is 61.8 Å². The van der Waals surface area contributed by atoms with Crippen LogP contribution in [0.15, 0.2) is 18.2 Å². The molecule has 1 atom stereocenters. The Morgan fingerprint density at radius 3 is 2.77 bits per heavy atom. The third kappa shape index (κ3) is 2.38. The number of nitrogens with two attached hydrogens (primary N) is 1. The van der Waals surface area contributed by atoms with Gasteiger partial charge >= 0.3 is 0 Å². The van der Waals surface area contributed by atoms with Gasteiger partial charge in [0.15, 0.2) is 0 Å². The van der Waals surface area contributed by atoms with Crippen LogP contribution in [0.25, 0.3) is 0 Å². The van der Waals surface area contributed by atoms with Crippen LogP contribution in [-0.2, 0) is 0 Å². The summed E-state index contributed by atoms with van der Waals surface area (Å²) >= 11 is 0. The fourth-order valence-electron chi connectivity index (χ4n) is 1.01. The highest BCUT2D eigenvalue weighted by molar-refractivity contribution is 5.59. The van der Waals surface area contributed by atoms with Crippen LogP contribution in [0.1, 0.15) is 12.5 Å². The van der Waals surface area contributed by atoms with Crippen LogP contribution in [0.4, 0.5) is 11.4 Å². The van der Waals surface area contributed by atoms with Gasteiger partial charge in [0.1, 0.15) is 6.04 Å². The Labute approximate surface area is 78.2 Å². The van der Waals surface area contributed by atoms with E-state index < -0.39 is 0 Å². The van der Waals surface area contributed by atoms with E-state index in [9.17, 15) is 0 Å². The van der Waals surface area contributed by atoms with Crippen molar-refractivity contribution in [3.05, 3.63) is 23.8 Å². The molecule has 1 unspecified atom stereocenters. The van der Waals surface area contributed by atoms with Crippen molar-refractivity contribution in [1.82, 2.24) is 0 Å². The minimum Gasteiger partial charge on any atom is -0.398 e. The largest absolute Gasteiger partial charge is 0.398 e. The molecule has 0 fully saturated rings. The van der Waals surface area contributed by atoms with Crippen molar-refractivity contribution in [1.29, 1.82) is 5.26 Å². The number of hydrogen-bond donors (Lipinski definition) is 2. The molecule has 0 aliphatic rings. The lowest BCUT2D eigenvalue weighted by atomic mass is 10.2. The van der Waals surface area contributed by atoms with Gasteiger partial charge in [0.2, 0.25) is 0 Å². The molecule has 0 radical (unpaired) electrons. The van der Waals surface area contributed by atoms with Crippen LogP contribution >= 0.6 is 0 Å². The van der Waals surface area contributed by atoms with Gasteiger partial charge < -0.3 is 11.1 Å². The van der Waals surface area contributed by atoms with Crippen molar-refractivity contribution in [3.8, 4) is 6.07 Å². The summed E-state index contributed by atoms with van der Waals surface area (Å²) < 4.78 is 0. The fourth-order valence-corrected chi connectivity index (χ4v) is 1.01. The van der Waals surface area contributed by atoms with Crippen molar-refractivity contribution in [2.24, 2.45) is 0 Å². The van der Waals surface area contributed by atoms with E-state index in [0.717, 1.165) is 16.9 Å². The first-order valence-electron chi connectivity index (χ1n) is 4.16. The third-order valence-corrected chi connectivity index (χ3v) is 1.86. The van der Waals surface area contributed by atoms with Crippen LogP contribution in [-0.4, -0.2) is 6.04 Å². The summed E-state index contributed by atoms with van der Waals surface area (Å²) in [5.41, 5.74) is 8.40. The van der Waals surface area contributed by atoms with Gasteiger partial charge in [-0.3, -0.25) is 0 Å². The minimum absolute atomic E-state index is 0.192. The minimum atomic E-state index is -0.192. The van der Waals surface area contributed by atoms with Crippen LogP contribution in [0.2, 0.25) is 0 Å². The van der Waals surface area contributed by atoms with Gasteiger partial charge in [-0.05, 0) is 31.5 Å². The zero-order valence-corrected chi connectivity index (χ0v) is 7.83. The number of nitrogens with zero attached hydrogens (tertiary/aromatic N) is 1. The Balaban J connectivity index is 2.81. The molecule has 0 spiro atoms. The first-order chi connectivity index (χ1) is 6.13. The summed E-state index contributed by atoms with van der Waals surface area (Å²) in [6.45, 7) is 3.75. The summed E-state index contributed by atoms with van der Waals surface area (Å²) in [6.07, 6.45) is 0. The second kappa shape index (κ2) is 3.81. The molecule has 3 heteroatoms. The first kappa shape index (κ1) is 9.40. The molecule has 3 nitrogen and oxygen atoms in total. The number of aryl methyl sites for hydroxylation is 1. The first-order valence-corrected chi connectivity index (χ1v) is 4.16. The molecule has 0 aliphatic heterocycles. The lowest BCUT2D eigenvalue weighted by Gasteiger charge is -2.09. The van der Waals surface area contributed by atoms with Crippen LogP contribution in [0.3, 0.4) is 0 Å². The van der Waals surface area contributed by atoms with Crippen molar-refractivity contribution in [3.63, 3.8) is 0 Å². The number of hydrogen-bond acceptors (Lipinski definition) is 3. The van der Waals surface area contributed by atoms with Crippen LogP contribution < -0.4 is 11.1 Å². The summed E-state index contributed by atoms with van der Waals surface area (Å²) in [5, 5.41) is 11.6. The Morgan fingerprint density at radius 2 is 2.23 bits per heavy atom. The van der Waals surface area contributed by atoms with Gasteiger partial charge in [-0.15, -0.1) is 0 Å². The van der Waals surface area contributed by atoms with E-state index in [1.807, 2.05) is 25.1 Å². The molecule has 1 rings (SSSR count). The summed E-state index contributed by atoms with van der Waals surface area (Å²) in [7, 11) is 0. The molecule has 0 amide bonds. The maximum Gasteiger partial charge on any atom is 0.111 e. The fraction of sp³-hybridized carbons (Fsp3) is 0.300. The van der Waals surface area contributed by atoms with Crippen molar-refractivity contribution < 1.29 is 0 Å². The molecule has 68 valence electrons. The van der Waals surface area contributed by atoms with E-state index >= 15 is 0 Å². The van der Waals surface area contributed by atoms with Crippen LogP contribution in [0.5, 0.6) is 0 Å². The van der Waals surface area contributed by atoms with Crippen LogP contribution in [0, 0.1) is 18.3 Å². The maximum atomic E-state index is 8.58. The van der Waals surface area contributed by atoms with E-state index in [-0.39, 0.29) is 6.04 Å². The number of rotatable bonds is 2. The molecule has 1 aromatic carbocycles. The molecule has 0 saturated carbocycles. The predicted molar refractivity (Wildman–Crippen MR) is 54.3 cm³/mol. The average molecular weight is 175 g/mol. The monoisotopic (exact) mass is 175 g/mol. The van der Waals surface area contributed by atoms with Gasteiger partial charge in [-0.2, -0.15) is 5.26 Å². The Bertz CT molecular complexity index is 339. The van der Waals surface area contributed by atoms with Crippen molar-refractivity contribution in [2.75, 3.05) is 11.1 Å². The number of nitrogens with one attached hydrogen (secondary N) is 1. The third-order valence-electron chi connectivity index (χ3n) is 1.86. The standard InChI is InChI=1S/C10H13N3/c1-7-3-4-9(5-10(7)12)13-8(2)6-11/h3-5,8,13H,12H2,1-2H3. The Morgan fingerprint density at radius 1 is 1.54 bits per heavy atom. The molecular weight excluding hydrogens is 162 g/mol. The highest BCUT2D eigenvalue weighted by atomic mass is 14.9. The molecule has 0 aliphatic carbocycles. The molecule has 0 aromatic heterocycles. The summed E-state index contributed by atoms with van der Waals surface area (Å²) in [6, 6.07) is 7.59. The average Bonchev–Trinajstić information content (AvgIpc) is 2.11. The Hall–Kier alpha value is -1.69. The van der Waals surface area contributed by atoms with E-state index in [2.05, 4.69) is 11.4 Å². The molecule has 0 heterocycles. The highest BCUT2D eigenvalue weighted by Gasteiger charge is 2.00. The molecule has 3 N–H and O–H groups in total. The Kier molecular flexibility index (Phi) is 2.76. The van der Waals surface area contributed by atoms with E-state index in [1.54, 1.807) is 6.92 Å². The zero-order valence-electron chi connectivity index (χ0n) is 7.83. The van der Waals surface area contributed by atoms with Gasteiger partial charge in [0.25, 0.3) is 0 Å². The molecular formula is C10H13N3. The second-order valence-electron chi connectivity index (χ2n) is 3.07. The summed E-state index contributed by atoms with van der Waals surface area (Å²) in [4.78, 5) is 0. The highest BCUT2D eigenvalue weighted by Crippen LogP contribution is 2.17. The quantitative estimate of drug-likeness (QED) is 0.675. The van der Waals surface area contributed by atoms with Gasteiger partial charge in [-0.25, -0.2) is 0 Å². The maximum absolute atomic E-state index is 8.58. The number of anilines is 2. The smallest absolute Gasteiger partial charge is 0.111 e. The molecule has 0 saturated heterocycles. The number of nitriles is 1. The van der Waals surface area contributed by atoms with E-state index in [0.29, 0.717) is 0 Å². The van der Waals surface area contributed by atoms with Gasteiger partial charge in [0, 0.05) is 11.4 Å². The zero-order chi connectivity index (χ0) is 9.84. The molecule has 1 aromatic rings.